The largest absolute Gasteiger partial charge is 0.416 e. The van der Waals surface area contributed by atoms with Crippen LogP contribution in [0, 0.1) is 0 Å². The van der Waals surface area contributed by atoms with Crippen molar-refractivity contribution in [3.05, 3.63) is 42.2 Å². The predicted octanol–water partition coefficient (Wildman–Crippen LogP) is 2.91. The molecule has 9 heteroatoms. The van der Waals surface area contributed by atoms with Crippen molar-refractivity contribution in [2.75, 3.05) is 17.3 Å². The van der Waals surface area contributed by atoms with Crippen molar-refractivity contribution in [1.82, 2.24) is 9.78 Å². The third kappa shape index (κ3) is 4.75. The van der Waals surface area contributed by atoms with Gasteiger partial charge < -0.3 is 11.1 Å². The molecule has 1 aromatic carbocycles. The van der Waals surface area contributed by atoms with Crippen LogP contribution < -0.4 is 11.1 Å². The Morgan fingerprint density at radius 3 is 2.62 bits per heavy atom. The number of rotatable bonds is 6. The fourth-order valence-electron chi connectivity index (χ4n) is 1.94. The molecule has 0 aliphatic carbocycles. The van der Waals surface area contributed by atoms with E-state index in [0.717, 1.165) is 17.9 Å². The molecule has 0 saturated heterocycles. The summed E-state index contributed by atoms with van der Waals surface area (Å²) in [4.78, 5) is 11.9. The molecule has 0 bridgehead atoms. The van der Waals surface area contributed by atoms with E-state index in [1.165, 1.54) is 29.2 Å². The topological polar surface area (TPSA) is 72.9 Å². The molecule has 0 fully saturated rings. The standard InChI is InChI=1S/C15H17F3N4OS/c1-24-7-6-13(19)14(23)21-11-8-20-22(9-11)12-4-2-10(3-5-12)15(16,17)18/h2-5,8-9,13H,6-7,19H2,1H3,(H,21,23). The lowest BCUT2D eigenvalue weighted by atomic mass is 10.2. The van der Waals surface area contributed by atoms with E-state index in [9.17, 15) is 18.0 Å². The highest BCUT2D eigenvalue weighted by molar-refractivity contribution is 7.98. The SMILES string of the molecule is CSCCC(N)C(=O)Nc1cnn(-c2ccc(C(F)(F)F)cc2)c1. The second-order valence-electron chi connectivity index (χ2n) is 5.10. The molecule has 0 aliphatic heterocycles. The number of nitrogens with two attached hydrogens (primary N) is 1. The van der Waals surface area contributed by atoms with Crippen LogP contribution in [0.5, 0.6) is 0 Å². The number of nitrogens with one attached hydrogen (secondary N) is 1. The Hall–Kier alpha value is -2.00. The average Bonchev–Trinajstić information content (AvgIpc) is 3.00. The minimum absolute atomic E-state index is 0.323. The van der Waals surface area contributed by atoms with E-state index in [2.05, 4.69) is 10.4 Å². The second-order valence-corrected chi connectivity index (χ2v) is 6.08. The van der Waals surface area contributed by atoms with Gasteiger partial charge in [0, 0.05) is 0 Å². The first-order valence-corrected chi connectivity index (χ1v) is 8.48. The summed E-state index contributed by atoms with van der Waals surface area (Å²) in [5.41, 5.74) is 5.92. The number of hydrogen-bond acceptors (Lipinski definition) is 4. The highest BCUT2D eigenvalue weighted by Crippen LogP contribution is 2.29. The molecule has 24 heavy (non-hydrogen) atoms. The van der Waals surface area contributed by atoms with E-state index < -0.39 is 17.8 Å². The van der Waals surface area contributed by atoms with Gasteiger partial charge in [0.25, 0.3) is 0 Å². The number of amides is 1. The van der Waals surface area contributed by atoms with Crippen molar-refractivity contribution < 1.29 is 18.0 Å². The number of carbonyl (C=O) groups is 1. The lowest BCUT2D eigenvalue weighted by molar-refractivity contribution is -0.137. The summed E-state index contributed by atoms with van der Waals surface area (Å²) < 4.78 is 39.0. The average molecular weight is 358 g/mol. The van der Waals surface area contributed by atoms with E-state index >= 15 is 0 Å². The molecule has 1 amide bonds. The summed E-state index contributed by atoms with van der Waals surface area (Å²) in [5.74, 6) is 0.454. The van der Waals surface area contributed by atoms with Gasteiger partial charge in [-0.1, -0.05) is 0 Å². The van der Waals surface area contributed by atoms with Gasteiger partial charge >= 0.3 is 6.18 Å². The highest BCUT2D eigenvalue weighted by atomic mass is 32.2. The predicted molar refractivity (Wildman–Crippen MR) is 88.2 cm³/mol. The molecule has 130 valence electrons. The van der Waals surface area contributed by atoms with Gasteiger partial charge in [-0.05, 0) is 42.7 Å². The molecule has 2 rings (SSSR count). The van der Waals surface area contributed by atoms with Gasteiger partial charge in [-0.2, -0.15) is 30.0 Å². The van der Waals surface area contributed by atoms with Crippen molar-refractivity contribution in [3.63, 3.8) is 0 Å². The summed E-state index contributed by atoms with van der Waals surface area (Å²) in [6, 6.07) is 3.96. The van der Waals surface area contributed by atoms with Crippen LogP contribution in [0.1, 0.15) is 12.0 Å². The number of thioether (sulfide) groups is 1. The van der Waals surface area contributed by atoms with E-state index in [0.29, 0.717) is 17.8 Å². The molecule has 2 aromatic rings. The van der Waals surface area contributed by atoms with Crippen molar-refractivity contribution in [2.24, 2.45) is 5.73 Å². The summed E-state index contributed by atoms with van der Waals surface area (Å²) in [6.45, 7) is 0. The Kier molecular flexibility index (Phi) is 5.89. The first-order chi connectivity index (χ1) is 11.3. The molecule has 0 aliphatic rings. The molecule has 1 aromatic heterocycles. The fraction of sp³-hybridized carbons (Fsp3) is 0.333. The first kappa shape index (κ1) is 18.3. The van der Waals surface area contributed by atoms with Crippen molar-refractivity contribution in [3.8, 4) is 5.69 Å². The van der Waals surface area contributed by atoms with Crippen LogP contribution in [0.15, 0.2) is 36.7 Å². The fourth-order valence-corrected chi connectivity index (χ4v) is 2.43. The zero-order chi connectivity index (χ0) is 17.7. The van der Waals surface area contributed by atoms with Crippen molar-refractivity contribution in [1.29, 1.82) is 0 Å². The number of halogens is 3. The van der Waals surface area contributed by atoms with Crippen molar-refractivity contribution in [2.45, 2.75) is 18.6 Å². The van der Waals surface area contributed by atoms with Crippen LogP contribution in [-0.4, -0.2) is 33.7 Å². The molecule has 0 spiro atoms. The number of carbonyl (C=O) groups excluding carboxylic acids is 1. The van der Waals surface area contributed by atoms with Gasteiger partial charge in [-0.25, -0.2) is 4.68 Å². The van der Waals surface area contributed by atoms with Gasteiger partial charge in [0.15, 0.2) is 0 Å². The van der Waals surface area contributed by atoms with Gasteiger partial charge in [-0.15, -0.1) is 0 Å². The lowest BCUT2D eigenvalue weighted by Crippen LogP contribution is -2.35. The van der Waals surface area contributed by atoms with E-state index in [4.69, 9.17) is 5.73 Å². The zero-order valence-corrected chi connectivity index (χ0v) is 13.7. The molecule has 1 heterocycles. The Morgan fingerprint density at radius 1 is 1.38 bits per heavy atom. The summed E-state index contributed by atoms with van der Waals surface area (Å²) >= 11 is 1.60. The maximum absolute atomic E-state index is 12.6. The summed E-state index contributed by atoms with van der Waals surface area (Å²) in [6.07, 6.45) is 1.03. The number of nitrogens with zero attached hydrogens (tertiary/aromatic N) is 2. The van der Waals surface area contributed by atoms with Crippen molar-refractivity contribution >= 4 is 23.4 Å². The maximum Gasteiger partial charge on any atom is 0.416 e. The van der Waals surface area contributed by atoms with Crippen LogP contribution in [0.4, 0.5) is 18.9 Å². The van der Waals surface area contributed by atoms with Gasteiger partial charge in [0.1, 0.15) is 0 Å². The number of aromatic nitrogens is 2. The van der Waals surface area contributed by atoms with E-state index in [1.807, 2.05) is 6.26 Å². The van der Waals surface area contributed by atoms with Crippen LogP contribution >= 0.6 is 11.8 Å². The molecule has 3 N–H and O–H groups in total. The minimum Gasteiger partial charge on any atom is -0.322 e. The first-order valence-electron chi connectivity index (χ1n) is 7.09. The maximum atomic E-state index is 12.6. The zero-order valence-electron chi connectivity index (χ0n) is 12.9. The highest BCUT2D eigenvalue weighted by Gasteiger charge is 2.30. The third-order valence-corrected chi connectivity index (χ3v) is 3.92. The third-order valence-electron chi connectivity index (χ3n) is 3.28. The van der Waals surface area contributed by atoms with E-state index in [-0.39, 0.29) is 5.91 Å². The van der Waals surface area contributed by atoms with Crippen LogP contribution in [-0.2, 0) is 11.0 Å². The minimum atomic E-state index is -4.38. The quantitative estimate of drug-likeness (QED) is 0.833. The Morgan fingerprint density at radius 2 is 2.04 bits per heavy atom. The molecule has 1 atom stereocenters. The molecule has 1 unspecified atom stereocenters. The number of benzene rings is 1. The van der Waals surface area contributed by atoms with Gasteiger partial charge in [0.2, 0.25) is 5.91 Å². The molecular formula is C15H17F3N4OS. The Bertz CT molecular complexity index is 685. The second kappa shape index (κ2) is 7.71. The van der Waals surface area contributed by atoms with Crippen LogP contribution in [0.3, 0.4) is 0 Å². The molecular weight excluding hydrogens is 341 g/mol. The molecule has 0 radical (unpaired) electrons. The number of hydrogen-bond donors (Lipinski definition) is 2. The number of anilines is 1. The smallest absolute Gasteiger partial charge is 0.322 e. The Balaban J connectivity index is 2.04. The molecule has 0 saturated carbocycles. The van der Waals surface area contributed by atoms with Crippen LogP contribution in [0.25, 0.3) is 5.69 Å². The van der Waals surface area contributed by atoms with E-state index in [1.54, 1.807) is 11.8 Å². The number of alkyl halides is 3. The monoisotopic (exact) mass is 358 g/mol. The molecule has 5 nitrogen and oxygen atoms in total. The Labute approximate surface area is 141 Å². The summed E-state index contributed by atoms with van der Waals surface area (Å²) in [5, 5.41) is 6.67. The normalized spacial score (nSPS) is 12.9. The summed E-state index contributed by atoms with van der Waals surface area (Å²) in [7, 11) is 0. The van der Waals surface area contributed by atoms with Gasteiger partial charge in [0.05, 0.1) is 35.4 Å². The van der Waals surface area contributed by atoms with Crippen LogP contribution in [0.2, 0.25) is 0 Å². The van der Waals surface area contributed by atoms with Gasteiger partial charge in [-0.3, -0.25) is 4.79 Å². The lowest BCUT2D eigenvalue weighted by Gasteiger charge is -2.10.